The van der Waals surface area contributed by atoms with Crippen molar-refractivity contribution in [2.45, 2.75) is 6.54 Å². The molecule has 14 heavy (non-hydrogen) atoms. The highest BCUT2D eigenvalue weighted by atomic mass is 16.3. The molecule has 1 aromatic carbocycles. The summed E-state index contributed by atoms with van der Waals surface area (Å²) >= 11 is 0. The number of imidazole rings is 1. The van der Waals surface area contributed by atoms with E-state index in [1.165, 1.54) is 0 Å². The third-order valence-corrected chi connectivity index (χ3v) is 2.12. The molecule has 0 radical (unpaired) electrons. The van der Waals surface area contributed by atoms with Crippen LogP contribution in [0.25, 0.3) is 11.3 Å². The van der Waals surface area contributed by atoms with Gasteiger partial charge >= 0.3 is 0 Å². The van der Waals surface area contributed by atoms with Crippen LogP contribution in [0.4, 0.5) is 0 Å². The highest BCUT2D eigenvalue weighted by Gasteiger charge is 2.02. The van der Waals surface area contributed by atoms with E-state index in [4.69, 9.17) is 5.11 Å². The third kappa shape index (κ3) is 1.67. The Bertz CT molecular complexity index is 395. The van der Waals surface area contributed by atoms with Gasteiger partial charge in [-0.25, -0.2) is 4.98 Å². The fraction of sp³-hybridized carbons (Fsp3) is 0.182. The molecule has 3 nitrogen and oxygen atoms in total. The molecule has 0 saturated heterocycles. The highest BCUT2D eigenvalue weighted by molar-refractivity contribution is 5.58. The maximum absolute atomic E-state index is 8.86. The summed E-state index contributed by atoms with van der Waals surface area (Å²) in [4.78, 5) is 4.07. The molecule has 3 heteroatoms. The first-order chi connectivity index (χ1) is 6.92. The fourth-order valence-electron chi connectivity index (χ4n) is 1.46. The molecule has 1 heterocycles. The molecule has 1 N–H and O–H groups in total. The summed E-state index contributed by atoms with van der Waals surface area (Å²) in [7, 11) is 0. The third-order valence-electron chi connectivity index (χ3n) is 2.12. The van der Waals surface area contributed by atoms with Gasteiger partial charge in [0, 0.05) is 6.54 Å². The van der Waals surface area contributed by atoms with Crippen LogP contribution in [0.2, 0.25) is 0 Å². The summed E-state index contributed by atoms with van der Waals surface area (Å²) in [5, 5.41) is 8.86. The molecule has 0 spiro atoms. The number of aliphatic hydroxyl groups is 1. The predicted octanol–water partition coefficient (Wildman–Crippen LogP) is 1.54. The van der Waals surface area contributed by atoms with Gasteiger partial charge in [-0.15, -0.1) is 0 Å². The van der Waals surface area contributed by atoms with Crippen molar-refractivity contribution < 1.29 is 5.11 Å². The minimum Gasteiger partial charge on any atom is -0.395 e. The Balaban J connectivity index is 2.37. The van der Waals surface area contributed by atoms with E-state index in [0.29, 0.717) is 6.54 Å². The first-order valence-electron chi connectivity index (χ1n) is 4.58. The Morgan fingerprint density at radius 1 is 1.21 bits per heavy atom. The van der Waals surface area contributed by atoms with Crippen LogP contribution in [0.1, 0.15) is 0 Å². The normalized spacial score (nSPS) is 10.4. The minimum absolute atomic E-state index is 0.135. The van der Waals surface area contributed by atoms with Gasteiger partial charge in [-0.2, -0.15) is 0 Å². The van der Waals surface area contributed by atoms with Crippen LogP contribution in [-0.4, -0.2) is 21.3 Å². The van der Waals surface area contributed by atoms with Gasteiger partial charge in [-0.05, 0) is 5.56 Å². The summed E-state index contributed by atoms with van der Waals surface area (Å²) in [5.74, 6) is 0. The summed E-state index contributed by atoms with van der Waals surface area (Å²) in [5.41, 5.74) is 2.16. The van der Waals surface area contributed by atoms with Gasteiger partial charge in [0.2, 0.25) is 0 Å². The Labute approximate surface area is 82.7 Å². The quantitative estimate of drug-likeness (QED) is 0.793. The zero-order chi connectivity index (χ0) is 9.80. The van der Waals surface area contributed by atoms with Crippen molar-refractivity contribution in [2.24, 2.45) is 0 Å². The molecular formula is C11H12N2O. The van der Waals surface area contributed by atoms with Crippen molar-refractivity contribution in [1.29, 1.82) is 0 Å². The topological polar surface area (TPSA) is 38.0 Å². The van der Waals surface area contributed by atoms with E-state index in [1.807, 2.05) is 41.1 Å². The zero-order valence-electron chi connectivity index (χ0n) is 7.80. The van der Waals surface area contributed by atoms with E-state index in [0.717, 1.165) is 11.3 Å². The lowest BCUT2D eigenvalue weighted by atomic mass is 10.2. The van der Waals surface area contributed by atoms with Crippen LogP contribution in [0, 0.1) is 0 Å². The lowest BCUT2D eigenvalue weighted by Gasteiger charge is -2.05. The van der Waals surface area contributed by atoms with Crippen molar-refractivity contribution in [3.63, 3.8) is 0 Å². The molecule has 0 aliphatic rings. The van der Waals surface area contributed by atoms with Gasteiger partial charge < -0.3 is 9.67 Å². The average molecular weight is 188 g/mol. The molecule has 0 amide bonds. The van der Waals surface area contributed by atoms with Crippen LogP contribution in [0.5, 0.6) is 0 Å². The monoisotopic (exact) mass is 188 g/mol. The van der Waals surface area contributed by atoms with Crippen molar-refractivity contribution in [3.8, 4) is 11.3 Å². The van der Waals surface area contributed by atoms with Crippen LogP contribution in [0.3, 0.4) is 0 Å². The van der Waals surface area contributed by atoms with Gasteiger partial charge in [0.25, 0.3) is 0 Å². The van der Waals surface area contributed by atoms with Crippen molar-refractivity contribution in [2.75, 3.05) is 6.61 Å². The maximum Gasteiger partial charge on any atom is 0.0951 e. The SMILES string of the molecule is OCCn1cncc1-c1ccccc1. The summed E-state index contributed by atoms with van der Waals surface area (Å²) in [6.07, 6.45) is 3.55. The van der Waals surface area contributed by atoms with Gasteiger partial charge in [-0.3, -0.25) is 0 Å². The van der Waals surface area contributed by atoms with E-state index in [2.05, 4.69) is 4.98 Å². The molecule has 0 saturated carbocycles. The number of aromatic nitrogens is 2. The Morgan fingerprint density at radius 3 is 2.71 bits per heavy atom. The fourth-order valence-corrected chi connectivity index (χ4v) is 1.46. The van der Waals surface area contributed by atoms with Crippen molar-refractivity contribution in [3.05, 3.63) is 42.9 Å². The second kappa shape index (κ2) is 4.07. The molecule has 0 unspecified atom stereocenters. The van der Waals surface area contributed by atoms with E-state index in [9.17, 15) is 0 Å². The van der Waals surface area contributed by atoms with E-state index >= 15 is 0 Å². The first-order valence-corrected chi connectivity index (χ1v) is 4.58. The Kier molecular flexibility index (Phi) is 2.60. The number of rotatable bonds is 3. The number of benzene rings is 1. The van der Waals surface area contributed by atoms with E-state index in [1.54, 1.807) is 6.33 Å². The first kappa shape index (κ1) is 8.97. The zero-order valence-corrected chi connectivity index (χ0v) is 7.80. The molecule has 0 fully saturated rings. The lowest BCUT2D eigenvalue weighted by Crippen LogP contribution is -2.01. The van der Waals surface area contributed by atoms with Crippen LogP contribution < -0.4 is 0 Å². The van der Waals surface area contributed by atoms with Crippen molar-refractivity contribution in [1.82, 2.24) is 9.55 Å². The highest BCUT2D eigenvalue weighted by Crippen LogP contribution is 2.17. The van der Waals surface area contributed by atoms with Gasteiger partial charge in [0.05, 0.1) is 24.8 Å². The molecule has 0 aliphatic heterocycles. The van der Waals surface area contributed by atoms with Crippen LogP contribution in [-0.2, 0) is 6.54 Å². The Hall–Kier alpha value is -1.61. The number of hydrogen-bond donors (Lipinski definition) is 1. The van der Waals surface area contributed by atoms with Gasteiger partial charge in [-0.1, -0.05) is 30.3 Å². The van der Waals surface area contributed by atoms with E-state index < -0.39 is 0 Å². The van der Waals surface area contributed by atoms with Crippen LogP contribution in [0.15, 0.2) is 42.9 Å². The molecule has 1 aromatic heterocycles. The smallest absolute Gasteiger partial charge is 0.0951 e. The molecule has 72 valence electrons. The van der Waals surface area contributed by atoms with Crippen LogP contribution >= 0.6 is 0 Å². The summed E-state index contributed by atoms with van der Waals surface area (Å²) < 4.78 is 1.94. The average Bonchev–Trinajstić information content (AvgIpc) is 2.68. The molecule has 0 atom stereocenters. The predicted molar refractivity (Wildman–Crippen MR) is 54.7 cm³/mol. The molecule has 0 aliphatic carbocycles. The second-order valence-electron chi connectivity index (χ2n) is 3.06. The molecule has 2 aromatic rings. The largest absolute Gasteiger partial charge is 0.395 e. The lowest BCUT2D eigenvalue weighted by molar-refractivity contribution is 0.276. The maximum atomic E-state index is 8.86. The van der Waals surface area contributed by atoms with Crippen molar-refractivity contribution >= 4 is 0 Å². The van der Waals surface area contributed by atoms with Gasteiger partial charge in [0.15, 0.2) is 0 Å². The van der Waals surface area contributed by atoms with E-state index in [-0.39, 0.29) is 6.61 Å². The minimum atomic E-state index is 0.135. The second-order valence-corrected chi connectivity index (χ2v) is 3.06. The molecule has 0 bridgehead atoms. The molecule has 2 rings (SSSR count). The number of aliphatic hydroxyl groups excluding tert-OH is 1. The number of hydrogen-bond acceptors (Lipinski definition) is 2. The number of nitrogens with zero attached hydrogens (tertiary/aromatic N) is 2. The Morgan fingerprint density at radius 2 is 2.00 bits per heavy atom. The summed E-state index contributed by atoms with van der Waals surface area (Å²) in [6.45, 7) is 0.723. The standard InChI is InChI=1S/C11H12N2O/c14-7-6-13-9-12-8-11(13)10-4-2-1-3-5-10/h1-5,8-9,14H,6-7H2. The molecular weight excluding hydrogens is 176 g/mol. The summed E-state index contributed by atoms with van der Waals surface area (Å²) in [6, 6.07) is 10.0. The van der Waals surface area contributed by atoms with Gasteiger partial charge in [0.1, 0.15) is 0 Å².